The van der Waals surface area contributed by atoms with Gasteiger partial charge >= 0.3 is 0 Å². The zero-order valence-electron chi connectivity index (χ0n) is 16.9. The summed E-state index contributed by atoms with van der Waals surface area (Å²) in [5, 5.41) is 10.2. The Morgan fingerprint density at radius 2 is 1.62 bits per heavy atom. The fourth-order valence-electron chi connectivity index (χ4n) is 4.17. The van der Waals surface area contributed by atoms with Gasteiger partial charge in [-0.3, -0.25) is 24.5 Å². The molecule has 7 nitrogen and oxygen atoms in total. The molecule has 2 aromatic heterocycles. The first-order valence-corrected chi connectivity index (χ1v) is 10.6. The molecule has 1 N–H and O–H groups in total. The molecule has 0 bridgehead atoms. The molecule has 29 heavy (non-hydrogen) atoms. The van der Waals surface area contributed by atoms with E-state index in [4.69, 9.17) is 4.42 Å². The lowest BCUT2D eigenvalue weighted by Gasteiger charge is -2.34. The summed E-state index contributed by atoms with van der Waals surface area (Å²) >= 11 is 0. The van der Waals surface area contributed by atoms with E-state index < -0.39 is 0 Å². The summed E-state index contributed by atoms with van der Waals surface area (Å²) < 4.78 is 5.96. The van der Waals surface area contributed by atoms with Crippen molar-refractivity contribution in [2.24, 2.45) is 0 Å². The minimum absolute atomic E-state index is 0.245. The van der Waals surface area contributed by atoms with Gasteiger partial charge in [-0.2, -0.15) is 0 Å². The quantitative estimate of drug-likeness (QED) is 0.798. The maximum atomic E-state index is 12.2. The summed E-state index contributed by atoms with van der Waals surface area (Å²) in [4.78, 5) is 23.4. The van der Waals surface area contributed by atoms with E-state index in [-0.39, 0.29) is 11.2 Å². The maximum absolute atomic E-state index is 12.2. The number of hydrogen-bond acceptors (Lipinski definition) is 7. The minimum Gasteiger partial charge on any atom is -0.502 e. The molecule has 0 aliphatic carbocycles. The fourth-order valence-corrected chi connectivity index (χ4v) is 4.17. The summed E-state index contributed by atoms with van der Waals surface area (Å²) in [5.41, 5.74) is 0.878. The van der Waals surface area contributed by atoms with Gasteiger partial charge in [0.25, 0.3) is 0 Å². The first kappa shape index (κ1) is 20.1. The third-order valence-corrected chi connectivity index (χ3v) is 5.83. The van der Waals surface area contributed by atoms with Crippen LogP contribution in [0.4, 0.5) is 0 Å². The van der Waals surface area contributed by atoms with Crippen molar-refractivity contribution < 1.29 is 9.52 Å². The molecule has 0 radical (unpaired) electrons. The molecule has 156 valence electrons. The minimum atomic E-state index is -0.339. The molecule has 0 aromatic carbocycles. The third kappa shape index (κ3) is 5.44. The van der Waals surface area contributed by atoms with Gasteiger partial charge in [-0.25, -0.2) is 0 Å². The summed E-state index contributed by atoms with van der Waals surface area (Å²) in [6.07, 6.45) is 7.36. The number of likely N-dealkylation sites (tertiary alicyclic amines) is 1. The molecular weight excluding hydrogens is 368 g/mol. The van der Waals surface area contributed by atoms with E-state index in [9.17, 15) is 9.90 Å². The molecule has 0 unspecified atom stereocenters. The molecule has 2 aromatic rings. The summed E-state index contributed by atoms with van der Waals surface area (Å²) in [7, 11) is 0. The van der Waals surface area contributed by atoms with E-state index in [1.54, 1.807) is 6.20 Å². The van der Waals surface area contributed by atoms with Crippen LogP contribution in [0.5, 0.6) is 5.75 Å². The van der Waals surface area contributed by atoms with Crippen LogP contribution in [0, 0.1) is 0 Å². The molecule has 2 aliphatic rings. The van der Waals surface area contributed by atoms with Crippen LogP contribution in [0.15, 0.2) is 39.8 Å². The Morgan fingerprint density at radius 1 is 0.931 bits per heavy atom. The zero-order chi connectivity index (χ0) is 20.1. The predicted molar refractivity (Wildman–Crippen MR) is 111 cm³/mol. The standard InChI is InChI=1S/C22H30N4O3/c27-20-13-19(16-24-7-2-1-3-8-24)29-21(22(20)28)17-26-11-9-25(10-12-26)15-18-5-4-6-23-14-18/h4-6,13-14,28H,1-3,7-12,15-17H2. The highest BCUT2D eigenvalue weighted by molar-refractivity contribution is 5.25. The predicted octanol–water partition coefficient (Wildman–Crippen LogP) is 2.04. The van der Waals surface area contributed by atoms with Gasteiger partial charge in [0.05, 0.1) is 13.1 Å². The Labute approximate surface area is 171 Å². The molecule has 7 heteroatoms. The highest BCUT2D eigenvalue weighted by Gasteiger charge is 2.21. The van der Waals surface area contributed by atoms with Gasteiger partial charge in [-0.1, -0.05) is 12.5 Å². The summed E-state index contributed by atoms with van der Waals surface area (Å²) in [6.45, 7) is 7.71. The number of rotatable bonds is 6. The molecule has 4 heterocycles. The van der Waals surface area contributed by atoms with Crippen LogP contribution in [0.1, 0.15) is 36.3 Å². The molecule has 0 spiro atoms. The number of aromatic hydroxyl groups is 1. The van der Waals surface area contributed by atoms with Crippen LogP contribution < -0.4 is 5.43 Å². The number of nitrogens with zero attached hydrogens (tertiary/aromatic N) is 4. The number of piperidine rings is 1. The van der Waals surface area contributed by atoms with Gasteiger partial charge in [0.2, 0.25) is 11.2 Å². The van der Waals surface area contributed by atoms with Crippen LogP contribution in [-0.4, -0.2) is 64.1 Å². The molecule has 0 amide bonds. The van der Waals surface area contributed by atoms with Crippen molar-refractivity contribution in [2.75, 3.05) is 39.3 Å². The maximum Gasteiger partial charge on any atom is 0.227 e. The van der Waals surface area contributed by atoms with Gasteiger partial charge in [-0.05, 0) is 37.6 Å². The van der Waals surface area contributed by atoms with Crippen LogP contribution in [0.3, 0.4) is 0 Å². The molecule has 0 atom stereocenters. The highest BCUT2D eigenvalue weighted by atomic mass is 16.4. The van der Waals surface area contributed by atoms with Gasteiger partial charge in [-0.15, -0.1) is 0 Å². The lowest BCUT2D eigenvalue weighted by Crippen LogP contribution is -2.45. The van der Waals surface area contributed by atoms with Crippen molar-refractivity contribution in [1.82, 2.24) is 19.7 Å². The highest BCUT2D eigenvalue weighted by Crippen LogP contribution is 2.20. The van der Waals surface area contributed by atoms with E-state index in [0.29, 0.717) is 24.6 Å². The molecule has 4 rings (SSSR count). The third-order valence-electron chi connectivity index (χ3n) is 5.83. The monoisotopic (exact) mass is 398 g/mol. The Hall–Kier alpha value is -2.22. The van der Waals surface area contributed by atoms with E-state index in [0.717, 1.165) is 45.8 Å². The van der Waals surface area contributed by atoms with Crippen molar-refractivity contribution in [1.29, 1.82) is 0 Å². The molecule has 0 saturated carbocycles. The number of hydrogen-bond donors (Lipinski definition) is 1. The van der Waals surface area contributed by atoms with Crippen molar-refractivity contribution in [3.63, 3.8) is 0 Å². The van der Waals surface area contributed by atoms with Crippen molar-refractivity contribution >= 4 is 0 Å². The summed E-state index contributed by atoms with van der Waals surface area (Å²) in [5.74, 6) is 0.801. The molecular formula is C22H30N4O3. The van der Waals surface area contributed by atoms with Gasteiger partial charge in [0, 0.05) is 51.2 Å². The molecule has 2 fully saturated rings. The number of aromatic nitrogens is 1. The number of piperazine rings is 1. The second kappa shape index (κ2) is 9.52. The largest absolute Gasteiger partial charge is 0.502 e. The second-order valence-electron chi connectivity index (χ2n) is 8.10. The summed E-state index contributed by atoms with van der Waals surface area (Å²) in [6, 6.07) is 5.51. The Kier molecular flexibility index (Phi) is 6.59. The Balaban J connectivity index is 1.34. The van der Waals surface area contributed by atoms with E-state index in [1.165, 1.54) is 30.9 Å². The Bertz CT molecular complexity index is 841. The van der Waals surface area contributed by atoms with E-state index in [2.05, 4.69) is 25.8 Å². The topological polar surface area (TPSA) is 73.1 Å². The molecule has 2 saturated heterocycles. The van der Waals surface area contributed by atoms with Crippen molar-refractivity contribution in [2.45, 2.75) is 38.9 Å². The first-order chi connectivity index (χ1) is 14.2. The van der Waals surface area contributed by atoms with Gasteiger partial charge in [0.15, 0.2) is 5.76 Å². The van der Waals surface area contributed by atoms with Crippen LogP contribution in [0.25, 0.3) is 0 Å². The van der Waals surface area contributed by atoms with Gasteiger partial charge in [0.1, 0.15) is 5.76 Å². The van der Waals surface area contributed by atoms with Crippen LogP contribution in [-0.2, 0) is 19.6 Å². The second-order valence-corrected chi connectivity index (χ2v) is 8.10. The SMILES string of the molecule is O=c1cc(CN2CCCCC2)oc(CN2CCN(Cc3cccnc3)CC2)c1O. The first-order valence-electron chi connectivity index (χ1n) is 10.6. The van der Waals surface area contributed by atoms with Gasteiger partial charge < -0.3 is 9.52 Å². The average molecular weight is 399 g/mol. The zero-order valence-corrected chi connectivity index (χ0v) is 16.9. The Morgan fingerprint density at radius 3 is 2.31 bits per heavy atom. The fraction of sp³-hybridized carbons (Fsp3) is 0.545. The lowest BCUT2D eigenvalue weighted by atomic mass is 10.1. The lowest BCUT2D eigenvalue weighted by molar-refractivity contribution is 0.112. The van der Waals surface area contributed by atoms with E-state index >= 15 is 0 Å². The average Bonchev–Trinajstić information content (AvgIpc) is 2.74. The van der Waals surface area contributed by atoms with E-state index in [1.807, 2.05) is 12.3 Å². The van der Waals surface area contributed by atoms with Crippen LogP contribution >= 0.6 is 0 Å². The number of pyridine rings is 1. The smallest absolute Gasteiger partial charge is 0.227 e. The van der Waals surface area contributed by atoms with Crippen LogP contribution in [0.2, 0.25) is 0 Å². The van der Waals surface area contributed by atoms with Crippen molar-refractivity contribution in [3.8, 4) is 5.75 Å². The molecule has 2 aliphatic heterocycles. The normalized spacial score (nSPS) is 19.4. The van der Waals surface area contributed by atoms with Crippen molar-refractivity contribution in [3.05, 3.63) is 57.9 Å².